The van der Waals surface area contributed by atoms with Gasteiger partial charge in [0.05, 0.1) is 0 Å². The Labute approximate surface area is 209 Å². The fourth-order valence-electron chi connectivity index (χ4n) is 2.44. The first-order valence-corrected chi connectivity index (χ1v) is 10.8. The third-order valence-electron chi connectivity index (χ3n) is 4.00. The molecule has 8 nitrogen and oxygen atoms in total. The summed E-state index contributed by atoms with van der Waals surface area (Å²) in [6.45, 7) is 15.7. The number of ether oxygens (including phenoxy) is 1. The van der Waals surface area contributed by atoms with E-state index in [1.54, 1.807) is 0 Å². The Morgan fingerprint density at radius 2 is 1.53 bits per heavy atom. The Morgan fingerprint density at radius 1 is 0.938 bits per heavy atom. The highest BCUT2D eigenvalue weighted by Gasteiger charge is 2.20. The topological polar surface area (TPSA) is 104 Å². The second-order valence-corrected chi connectivity index (χ2v) is 9.27. The number of guanidine groups is 1. The molecule has 0 spiro atoms. The summed E-state index contributed by atoms with van der Waals surface area (Å²) in [5.41, 5.74) is 0.885. The fraction of sp³-hybridized carbons (Fsp3) is 0.609. The number of carbonyl (C=O) groups is 2. The average molecular weight is 562 g/mol. The van der Waals surface area contributed by atoms with Gasteiger partial charge in [-0.25, -0.2) is 4.79 Å². The minimum absolute atomic E-state index is 0. The van der Waals surface area contributed by atoms with Crippen LogP contribution in [-0.2, 0) is 16.0 Å². The Hall–Kier alpha value is -2.04. The van der Waals surface area contributed by atoms with Crippen molar-refractivity contribution in [2.75, 3.05) is 31.5 Å². The molecule has 1 aromatic carbocycles. The van der Waals surface area contributed by atoms with Gasteiger partial charge in [0, 0.05) is 37.3 Å². The van der Waals surface area contributed by atoms with Gasteiger partial charge in [0.25, 0.3) is 0 Å². The van der Waals surface area contributed by atoms with E-state index < -0.39 is 17.1 Å². The lowest BCUT2D eigenvalue weighted by atomic mass is 9.96. The van der Waals surface area contributed by atoms with Gasteiger partial charge in [0.1, 0.15) is 5.60 Å². The molecule has 0 heterocycles. The number of halogens is 1. The molecule has 9 heteroatoms. The summed E-state index contributed by atoms with van der Waals surface area (Å²) < 4.78 is 5.25. The van der Waals surface area contributed by atoms with Gasteiger partial charge >= 0.3 is 6.09 Å². The SMILES string of the molecule is CCNC(=NCCc1ccc(NC(=O)OC(C)(C)C)cc1)NCCNC(=O)C(C)(C)C.I. The summed E-state index contributed by atoms with van der Waals surface area (Å²) in [5, 5.41) is 12.1. The third kappa shape index (κ3) is 13.4. The van der Waals surface area contributed by atoms with E-state index in [2.05, 4.69) is 26.3 Å². The number of hydrogen-bond donors (Lipinski definition) is 4. The van der Waals surface area contributed by atoms with Crippen LogP contribution < -0.4 is 21.3 Å². The quantitative estimate of drug-likeness (QED) is 0.167. The molecule has 0 saturated heterocycles. The summed E-state index contributed by atoms with van der Waals surface area (Å²) in [5.74, 6) is 0.747. The molecule has 0 atom stereocenters. The van der Waals surface area contributed by atoms with Crippen molar-refractivity contribution in [2.45, 2.75) is 60.5 Å². The molecule has 0 aliphatic carbocycles. The van der Waals surface area contributed by atoms with Crippen LogP contribution in [0, 0.1) is 5.41 Å². The first-order chi connectivity index (χ1) is 14.4. The van der Waals surface area contributed by atoms with E-state index in [-0.39, 0.29) is 29.9 Å². The smallest absolute Gasteiger partial charge is 0.412 e. The Balaban J connectivity index is 0.00000961. The van der Waals surface area contributed by atoms with Crippen molar-refractivity contribution < 1.29 is 14.3 Å². The van der Waals surface area contributed by atoms with E-state index in [1.165, 1.54) is 0 Å². The molecule has 0 saturated carbocycles. The third-order valence-corrected chi connectivity index (χ3v) is 4.00. The first kappa shape index (κ1) is 30.0. The minimum atomic E-state index is -0.529. The van der Waals surface area contributed by atoms with Crippen molar-refractivity contribution in [3.05, 3.63) is 29.8 Å². The van der Waals surface area contributed by atoms with Crippen LogP contribution in [-0.4, -0.2) is 49.7 Å². The second kappa shape index (κ2) is 14.2. The van der Waals surface area contributed by atoms with Crippen molar-refractivity contribution in [3.8, 4) is 0 Å². The molecule has 0 radical (unpaired) electrons. The molecule has 0 fully saturated rings. The molecule has 1 rings (SSSR count). The summed E-state index contributed by atoms with van der Waals surface area (Å²) in [4.78, 5) is 28.3. The van der Waals surface area contributed by atoms with Crippen LogP contribution in [0.25, 0.3) is 0 Å². The molecule has 0 unspecified atom stereocenters. The molecule has 0 aromatic heterocycles. The van der Waals surface area contributed by atoms with Gasteiger partial charge in [-0.05, 0) is 51.8 Å². The van der Waals surface area contributed by atoms with E-state index in [9.17, 15) is 9.59 Å². The van der Waals surface area contributed by atoms with Crippen LogP contribution in [0.15, 0.2) is 29.3 Å². The van der Waals surface area contributed by atoms with E-state index in [1.807, 2.05) is 72.7 Å². The minimum Gasteiger partial charge on any atom is -0.444 e. The highest BCUT2D eigenvalue weighted by atomic mass is 127. The van der Waals surface area contributed by atoms with Crippen LogP contribution in [0.4, 0.5) is 10.5 Å². The number of anilines is 1. The van der Waals surface area contributed by atoms with Crippen molar-refractivity contribution in [1.29, 1.82) is 0 Å². The standard InChI is InChI=1S/C23H39N5O3.HI/c1-8-24-20(27-16-15-25-19(29)22(2,3)4)26-14-13-17-9-11-18(12-10-17)28-21(30)31-23(5,6)7;/h9-12H,8,13-16H2,1-7H3,(H,25,29)(H,28,30)(H2,24,26,27);1H. The maximum atomic E-state index is 11.9. The van der Waals surface area contributed by atoms with Gasteiger partial charge < -0.3 is 20.7 Å². The first-order valence-electron chi connectivity index (χ1n) is 10.8. The molecule has 0 aliphatic heterocycles. The largest absolute Gasteiger partial charge is 0.444 e. The highest BCUT2D eigenvalue weighted by Crippen LogP contribution is 2.13. The van der Waals surface area contributed by atoms with E-state index in [0.717, 1.165) is 24.5 Å². The molecule has 2 amide bonds. The predicted octanol–water partition coefficient (Wildman–Crippen LogP) is 3.91. The molecule has 1 aromatic rings. The molecule has 182 valence electrons. The number of aliphatic imine (C=N–C) groups is 1. The lowest BCUT2D eigenvalue weighted by Gasteiger charge is -2.19. The number of nitrogens with one attached hydrogen (secondary N) is 4. The normalized spacial score (nSPS) is 11.8. The van der Waals surface area contributed by atoms with Crippen LogP contribution in [0.1, 0.15) is 54.0 Å². The lowest BCUT2D eigenvalue weighted by Crippen LogP contribution is -2.43. The monoisotopic (exact) mass is 561 g/mol. The van der Waals surface area contributed by atoms with Crippen LogP contribution >= 0.6 is 24.0 Å². The predicted molar refractivity (Wildman–Crippen MR) is 142 cm³/mol. The molecule has 32 heavy (non-hydrogen) atoms. The Bertz CT molecular complexity index is 737. The number of benzene rings is 1. The maximum absolute atomic E-state index is 11.9. The zero-order valence-electron chi connectivity index (χ0n) is 20.4. The molecule has 0 bridgehead atoms. The average Bonchev–Trinajstić information content (AvgIpc) is 2.64. The van der Waals surface area contributed by atoms with Gasteiger partial charge in [-0.1, -0.05) is 32.9 Å². The van der Waals surface area contributed by atoms with E-state index in [0.29, 0.717) is 25.3 Å². The molecular weight excluding hydrogens is 521 g/mol. The number of nitrogens with zero attached hydrogens (tertiary/aromatic N) is 1. The number of amides is 2. The van der Waals surface area contributed by atoms with Gasteiger partial charge in [-0.15, -0.1) is 24.0 Å². The molecule has 0 aliphatic rings. The molecule has 4 N–H and O–H groups in total. The van der Waals surface area contributed by atoms with Gasteiger partial charge in [0.2, 0.25) is 5.91 Å². The summed E-state index contributed by atoms with van der Waals surface area (Å²) in [6, 6.07) is 7.63. The Morgan fingerprint density at radius 3 is 2.06 bits per heavy atom. The zero-order chi connectivity index (χ0) is 23.5. The number of hydrogen-bond acceptors (Lipinski definition) is 4. The number of carbonyl (C=O) groups excluding carboxylic acids is 2. The van der Waals surface area contributed by atoms with E-state index in [4.69, 9.17) is 4.74 Å². The number of rotatable bonds is 8. The Kier molecular flexibility index (Phi) is 13.3. The summed E-state index contributed by atoms with van der Waals surface area (Å²) in [6.07, 6.45) is 0.300. The van der Waals surface area contributed by atoms with Crippen molar-refractivity contribution in [1.82, 2.24) is 16.0 Å². The summed E-state index contributed by atoms with van der Waals surface area (Å²) in [7, 11) is 0. The van der Waals surface area contributed by atoms with E-state index >= 15 is 0 Å². The van der Waals surface area contributed by atoms with Crippen LogP contribution in [0.3, 0.4) is 0 Å². The maximum Gasteiger partial charge on any atom is 0.412 e. The van der Waals surface area contributed by atoms with Crippen molar-refractivity contribution in [2.24, 2.45) is 10.4 Å². The van der Waals surface area contributed by atoms with Crippen molar-refractivity contribution in [3.63, 3.8) is 0 Å². The highest BCUT2D eigenvalue weighted by molar-refractivity contribution is 14.0. The fourth-order valence-corrected chi connectivity index (χ4v) is 2.44. The van der Waals surface area contributed by atoms with Crippen LogP contribution in [0.2, 0.25) is 0 Å². The van der Waals surface area contributed by atoms with Crippen molar-refractivity contribution >= 4 is 47.6 Å². The van der Waals surface area contributed by atoms with Gasteiger partial charge in [-0.3, -0.25) is 15.1 Å². The van der Waals surface area contributed by atoms with Gasteiger partial charge in [0.15, 0.2) is 5.96 Å². The lowest BCUT2D eigenvalue weighted by molar-refractivity contribution is -0.128. The van der Waals surface area contributed by atoms with Gasteiger partial charge in [-0.2, -0.15) is 0 Å². The summed E-state index contributed by atoms with van der Waals surface area (Å²) >= 11 is 0. The zero-order valence-corrected chi connectivity index (χ0v) is 22.8. The second-order valence-electron chi connectivity index (χ2n) is 9.27. The van der Waals surface area contributed by atoms with Crippen LogP contribution in [0.5, 0.6) is 0 Å². The molecular formula is C23H40IN5O3.